The molecular formula is C47H90O5. The summed E-state index contributed by atoms with van der Waals surface area (Å²) in [7, 11) is 0. The van der Waals surface area contributed by atoms with Crippen molar-refractivity contribution in [2.75, 3.05) is 13.2 Å². The summed E-state index contributed by atoms with van der Waals surface area (Å²) in [6.45, 7) is 4.17. The average Bonchev–Trinajstić information content (AvgIpc) is 3.15. The molecule has 5 heteroatoms. The first-order chi connectivity index (χ1) is 25.6. The molecule has 0 spiro atoms. The van der Waals surface area contributed by atoms with Gasteiger partial charge in [0.2, 0.25) is 0 Å². The molecule has 0 saturated heterocycles. The SMILES string of the molecule is CCCCCCCCC=CCCCCCCCCCCCCCC(=O)OC(CO)COC(=O)CCCCCCCCCCCCCCCCCCC. The van der Waals surface area contributed by atoms with Crippen molar-refractivity contribution in [2.45, 2.75) is 264 Å². The molecule has 0 aromatic carbocycles. The van der Waals surface area contributed by atoms with Crippen LogP contribution in [0.1, 0.15) is 258 Å². The molecule has 1 unspecified atom stereocenters. The molecule has 0 bridgehead atoms. The third kappa shape index (κ3) is 41.4. The summed E-state index contributed by atoms with van der Waals surface area (Å²) < 4.78 is 10.7. The quantitative estimate of drug-likeness (QED) is 0.0383. The summed E-state index contributed by atoms with van der Waals surface area (Å²) >= 11 is 0. The molecule has 0 amide bonds. The number of ether oxygens (including phenoxy) is 2. The van der Waals surface area contributed by atoms with Crippen LogP contribution >= 0.6 is 0 Å². The third-order valence-electron chi connectivity index (χ3n) is 10.6. The minimum atomic E-state index is -0.765. The monoisotopic (exact) mass is 735 g/mol. The maximum atomic E-state index is 12.2. The van der Waals surface area contributed by atoms with Gasteiger partial charge in [-0.3, -0.25) is 9.59 Å². The van der Waals surface area contributed by atoms with Crippen LogP contribution < -0.4 is 0 Å². The highest BCUT2D eigenvalue weighted by Gasteiger charge is 2.16. The van der Waals surface area contributed by atoms with E-state index in [0.29, 0.717) is 12.8 Å². The third-order valence-corrected chi connectivity index (χ3v) is 10.6. The molecule has 0 fully saturated rings. The summed E-state index contributed by atoms with van der Waals surface area (Å²) in [6.07, 6.45) is 51.5. The smallest absolute Gasteiger partial charge is 0.306 e. The van der Waals surface area contributed by atoms with Gasteiger partial charge in [0.1, 0.15) is 6.61 Å². The summed E-state index contributed by atoms with van der Waals surface area (Å²) in [4.78, 5) is 24.4. The van der Waals surface area contributed by atoms with E-state index >= 15 is 0 Å². The lowest BCUT2D eigenvalue weighted by Crippen LogP contribution is -2.28. The highest BCUT2D eigenvalue weighted by Crippen LogP contribution is 2.16. The van der Waals surface area contributed by atoms with Crippen molar-refractivity contribution < 1.29 is 24.2 Å². The van der Waals surface area contributed by atoms with Crippen molar-refractivity contribution in [3.63, 3.8) is 0 Å². The summed E-state index contributed by atoms with van der Waals surface area (Å²) in [5.74, 6) is -0.575. The van der Waals surface area contributed by atoms with Gasteiger partial charge in [0.05, 0.1) is 6.61 Å². The predicted octanol–water partition coefficient (Wildman–Crippen LogP) is 14.9. The molecule has 0 aliphatic rings. The zero-order valence-corrected chi connectivity index (χ0v) is 35.1. The fourth-order valence-electron chi connectivity index (χ4n) is 7.02. The molecule has 0 saturated carbocycles. The topological polar surface area (TPSA) is 72.8 Å². The first kappa shape index (κ1) is 50.6. The van der Waals surface area contributed by atoms with Crippen molar-refractivity contribution in [1.82, 2.24) is 0 Å². The Kier molecular flexibility index (Phi) is 42.9. The fraction of sp³-hybridized carbons (Fsp3) is 0.915. The molecule has 0 radical (unpaired) electrons. The lowest BCUT2D eigenvalue weighted by molar-refractivity contribution is -0.161. The van der Waals surface area contributed by atoms with E-state index in [4.69, 9.17) is 9.47 Å². The highest BCUT2D eigenvalue weighted by molar-refractivity contribution is 5.70. The van der Waals surface area contributed by atoms with Crippen LogP contribution in [0.3, 0.4) is 0 Å². The Balaban J connectivity index is 3.47. The van der Waals surface area contributed by atoms with Crippen LogP contribution in [-0.4, -0.2) is 36.4 Å². The van der Waals surface area contributed by atoms with E-state index in [-0.39, 0.29) is 25.2 Å². The summed E-state index contributed by atoms with van der Waals surface area (Å²) in [5.41, 5.74) is 0. The molecular weight excluding hydrogens is 645 g/mol. The Hall–Kier alpha value is -1.36. The molecule has 308 valence electrons. The number of allylic oxidation sites excluding steroid dienone is 2. The number of carbonyl (C=O) groups excluding carboxylic acids is 2. The van der Waals surface area contributed by atoms with Gasteiger partial charge >= 0.3 is 11.9 Å². The van der Waals surface area contributed by atoms with Crippen LogP contribution in [0.4, 0.5) is 0 Å². The zero-order chi connectivity index (χ0) is 37.8. The van der Waals surface area contributed by atoms with Gasteiger partial charge in [-0.15, -0.1) is 0 Å². The Morgan fingerprint density at radius 2 is 0.712 bits per heavy atom. The Morgan fingerprint density at radius 3 is 1.04 bits per heavy atom. The number of rotatable bonds is 43. The number of aliphatic hydroxyl groups excluding tert-OH is 1. The number of hydrogen-bond donors (Lipinski definition) is 1. The number of carbonyl (C=O) groups is 2. The Bertz CT molecular complexity index is 750. The molecule has 5 nitrogen and oxygen atoms in total. The van der Waals surface area contributed by atoms with Crippen LogP contribution in [0.5, 0.6) is 0 Å². The van der Waals surface area contributed by atoms with Gasteiger partial charge in [0, 0.05) is 12.8 Å². The number of unbranched alkanes of at least 4 members (excludes halogenated alkanes) is 33. The van der Waals surface area contributed by atoms with E-state index in [2.05, 4.69) is 26.0 Å². The minimum Gasteiger partial charge on any atom is -0.462 e. The van der Waals surface area contributed by atoms with Gasteiger partial charge in [-0.05, 0) is 38.5 Å². The standard InChI is InChI=1S/C47H90O5/c1-3-5-7-9-11-13-15-17-19-21-22-23-24-26-28-30-32-34-36-38-40-42-47(50)52-45(43-48)44-51-46(49)41-39-37-35-33-31-29-27-25-20-18-16-14-12-10-8-6-4-2/h17,19,45,48H,3-16,18,20-44H2,1-2H3. The first-order valence-corrected chi connectivity index (χ1v) is 23.2. The van der Waals surface area contributed by atoms with Gasteiger partial charge in [-0.25, -0.2) is 0 Å². The number of aliphatic hydroxyl groups is 1. The van der Waals surface area contributed by atoms with Gasteiger partial charge in [0.25, 0.3) is 0 Å². The maximum Gasteiger partial charge on any atom is 0.306 e. The van der Waals surface area contributed by atoms with Crippen molar-refractivity contribution >= 4 is 11.9 Å². The maximum absolute atomic E-state index is 12.2. The van der Waals surface area contributed by atoms with Crippen molar-refractivity contribution in [3.8, 4) is 0 Å². The van der Waals surface area contributed by atoms with Crippen LogP contribution in [0.2, 0.25) is 0 Å². The second-order valence-corrected chi connectivity index (χ2v) is 15.8. The molecule has 1 atom stereocenters. The minimum absolute atomic E-state index is 0.0591. The normalized spacial score (nSPS) is 12.1. The summed E-state index contributed by atoms with van der Waals surface area (Å²) in [6, 6.07) is 0. The van der Waals surface area contributed by atoms with Crippen molar-refractivity contribution in [3.05, 3.63) is 12.2 Å². The van der Waals surface area contributed by atoms with Gasteiger partial charge in [-0.2, -0.15) is 0 Å². The van der Waals surface area contributed by atoms with Gasteiger partial charge in [-0.1, -0.05) is 219 Å². The Morgan fingerprint density at radius 1 is 0.423 bits per heavy atom. The summed E-state index contributed by atoms with van der Waals surface area (Å²) in [5, 5.41) is 9.60. The molecule has 1 N–H and O–H groups in total. The van der Waals surface area contributed by atoms with Crippen molar-refractivity contribution in [2.24, 2.45) is 0 Å². The first-order valence-electron chi connectivity index (χ1n) is 23.2. The van der Waals surface area contributed by atoms with Gasteiger partial charge in [0.15, 0.2) is 6.10 Å². The molecule has 0 rings (SSSR count). The van der Waals surface area contributed by atoms with E-state index in [9.17, 15) is 14.7 Å². The predicted molar refractivity (Wildman–Crippen MR) is 224 cm³/mol. The molecule has 0 aliphatic heterocycles. The van der Waals surface area contributed by atoms with E-state index in [1.54, 1.807) is 0 Å². The second kappa shape index (κ2) is 44.0. The largest absolute Gasteiger partial charge is 0.462 e. The zero-order valence-electron chi connectivity index (χ0n) is 35.1. The molecule has 0 aromatic heterocycles. The molecule has 0 heterocycles. The lowest BCUT2D eigenvalue weighted by Gasteiger charge is -2.15. The van der Waals surface area contributed by atoms with Crippen LogP contribution in [-0.2, 0) is 19.1 Å². The van der Waals surface area contributed by atoms with Gasteiger partial charge < -0.3 is 14.6 Å². The Labute approximate surface area is 324 Å². The van der Waals surface area contributed by atoms with E-state index in [0.717, 1.165) is 32.1 Å². The van der Waals surface area contributed by atoms with Crippen LogP contribution in [0.15, 0.2) is 12.2 Å². The lowest BCUT2D eigenvalue weighted by atomic mass is 10.0. The average molecular weight is 735 g/mol. The van der Waals surface area contributed by atoms with Crippen LogP contribution in [0, 0.1) is 0 Å². The number of esters is 2. The van der Waals surface area contributed by atoms with Crippen LogP contribution in [0.25, 0.3) is 0 Å². The fourth-order valence-corrected chi connectivity index (χ4v) is 7.02. The van der Waals surface area contributed by atoms with E-state index in [1.807, 2.05) is 0 Å². The van der Waals surface area contributed by atoms with E-state index < -0.39 is 6.10 Å². The second-order valence-electron chi connectivity index (χ2n) is 15.8. The van der Waals surface area contributed by atoms with Crippen molar-refractivity contribution in [1.29, 1.82) is 0 Å². The molecule has 52 heavy (non-hydrogen) atoms. The molecule has 0 aromatic rings. The number of hydrogen-bond acceptors (Lipinski definition) is 5. The van der Waals surface area contributed by atoms with E-state index in [1.165, 1.54) is 199 Å². The highest BCUT2D eigenvalue weighted by atomic mass is 16.6. The molecule has 0 aliphatic carbocycles.